The van der Waals surface area contributed by atoms with Gasteiger partial charge in [-0.15, -0.1) is 0 Å². The summed E-state index contributed by atoms with van der Waals surface area (Å²) in [6, 6.07) is 0. The Kier molecular flexibility index (Phi) is 15.3. The van der Waals surface area contributed by atoms with Crippen LogP contribution in [0, 0.1) is 5.92 Å². The lowest BCUT2D eigenvalue weighted by atomic mass is 9.96. The van der Waals surface area contributed by atoms with Crippen LogP contribution in [-0.2, 0) is 23.7 Å². The number of unbranched alkanes of at least 4 members (excludes halogenated alkanes) is 4. The maximum absolute atomic E-state index is 6.17. The van der Waals surface area contributed by atoms with Crippen molar-refractivity contribution in [3.8, 4) is 0 Å². The SMILES string of the molecule is CCCCCCCC(COCC1CO1)CC(OCCC)(OCCC)OCCC. The Bertz CT molecular complexity index is 324. The molecule has 0 aromatic carbocycles. The third kappa shape index (κ3) is 12.4. The Morgan fingerprint density at radius 1 is 0.821 bits per heavy atom. The van der Waals surface area contributed by atoms with E-state index >= 15 is 0 Å². The zero-order chi connectivity index (χ0) is 20.5. The molecule has 0 aliphatic carbocycles. The molecule has 1 fully saturated rings. The molecular weight excluding hydrogens is 356 g/mol. The molecule has 0 saturated carbocycles. The summed E-state index contributed by atoms with van der Waals surface area (Å²) >= 11 is 0. The topological polar surface area (TPSA) is 49.5 Å². The third-order valence-electron chi connectivity index (χ3n) is 4.89. The maximum atomic E-state index is 6.17. The first-order chi connectivity index (χ1) is 13.7. The van der Waals surface area contributed by atoms with Crippen LogP contribution in [0.15, 0.2) is 0 Å². The molecule has 28 heavy (non-hydrogen) atoms. The van der Waals surface area contributed by atoms with Gasteiger partial charge in [0.05, 0.1) is 33.0 Å². The molecule has 0 N–H and O–H groups in total. The van der Waals surface area contributed by atoms with Crippen molar-refractivity contribution in [3.63, 3.8) is 0 Å². The number of epoxide rings is 1. The van der Waals surface area contributed by atoms with Gasteiger partial charge in [-0.3, -0.25) is 0 Å². The zero-order valence-electron chi connectivity index (χ0n) is 19.0. The summed E-state index contributed by atoms with van der Waals surface area (Å²) in [6.07, 6.45) is 11.4. The first kappa shape index (κ1) is 25.8. The van der Waals surface area contributed by atoms with Gasteiger partial charge in [0.2, 0.25) is 0 Å². The predicted octanol–water partition coefficient (Wildman–Crippen LogP) is 5.70. The molecule has 0 bridgehead atoms. The minimum atomic E-state index is -0.935. The van der Waals surface area contributed by atoms with Gasteiger partial charge in [-0.2, -0.15) is 0 Å². The highest BCUT2D eigenvalue weighted by molar-refractivity contribution is 4.71. The Morgan fingerprint density at radius 2 is 1.39 bits per heavy atom. The highest BCUT2D eigenvalue weighted by Crippen LogP contribution is 2.29. The average Bonchev–Trinajstić information content (AvgIpc) is 3.53. The van der Waals surface area contributed by atoms with E-state index < -0.39 is 5.97 Å². The van der Waals surface area contributed by atoms with Crippen molar-refractivity contribution in [1.82, 2.24) is 0 Å². The fraction of sp³-hybridized carbons (Fsp3) is 1.00. The van der Waals surface area contributed by atoms with E-state index in [9.17, 15) is 0 Å². The van der Waals surface area contributed by atoms with Crippen LogP contribution in [0.2, 0.25) is 0 Å². The smallest absolute Gasteiger partial charge is 0.283 e. The largest absolute Gasteiger partial charge is 0.378 e. The molecule has 1 heterocycles. The van der Waals surface area contributed by atoms with E-state index in [0.717, 1.165) is 45.3 Å². The molecule has 5 heteroatoms. The van der Waals surface area contributed by atoms with Crippen LogP contribution in [0.4, 0.5) is 0 Å². The van der Waals surface area contributed by atoms with Gasteiger partial charge >= 0.3 is 0 Å². The van der Waals surface area contributed by atoms with Crippen molar-refractivity contribution in [2.45, 2.75) is 104 Å². The van der Waals surface area contributed by atoms with Crippen molar-refractivity contribution in [1.29, 1.82) is 0 Å². The number of ether oxygens (including phenoxy) is 5. The van der Waals surface area contributed by atoms with Crippen LogP contribution in [0.5, 0.6) is 0 Å². The van der Waals surface area contributed by atoms with E-state index in [0.29, 0.717) is 38.4 Å². The van der Waals surface area contributed by atoms with Crippen LogP contribution in [0.1, 0.15) is 91.9 Å². The van der Waals surface area contributed by atoms with Crippen molar-refractivity contribution in [2.75, 3.05) is 39.6 Å². The normalized spacial score (nSPS) is 17.8. The van der Waals surface area contributed by atoms with Gasteiger partial charge < -0.3 is 23.7 Å². The summed E-state index contributed by atoms with van der Waals surface area (Å²) in [6.45, 7) is 12.8. The van der Waals surface area contributed by atoms with E-state index in [-0.39, 0.29) is 0 Å². The lowest BCUT2D eigenvalue weighted by Gasteiger charge is -2.36. The van der Waals surface area contributed by atoms with Gasteiger partial charge in [0.15, 0.2) is 0 Å². The maximum Gasteiger partial charge on any atom is 0.283 e. The van der Waals surface area contributed by atoms with Crippen LogP contribution >= 0.6 is 0 Å². The van der Waals surface area contributed by atoms with E-state index in [4.69, 9.17) is 23.7 Å². The molecule has 1 aliphatic rings. The van der Waals surface area contributed by atoms with Crippen LogP contribution < -0.4 is 0 Å². The van der Waals surface area contributed by atoms with E-state index in [1.165, 1.54) is 32.1 Å². The van der Waals surface area contributed by atoms with Crippen molar-refractivity contribution < 1.29 is 23.7 Å². The van der Waals surface area contributed by atoms with E-state index in [1.54, 1.807) is 0 Å². The molecular formula is C23H46O5. The second-order valence-corrected chi connectivity index (χ2v) is 7.99. The van der Waals surface area contributed by atoms with Crippen LogP contribution in [0.25, 0.3) is 0 Å². The van der Waals surface area contributed by atoms with Gasteiger partial charge in [0.1, 0.15) is 6.10 Å². The summed E-state index contributed by atoms with van der Waals surface area (Å²) in [7, 11) is 0. The quantitative estimate of drug-likeness (QED) is 0.140. The van der Waals surface area contributed by atoms with Gasteiger partial charge in [-0.05, 0) is 31.6 Å². The standard InChI is InChI=1S/C23H46O5/c1-5-9-10-11-12-13-21(18-24-19-22-20-25-22)17-23(26-14-6-2,27-15-7-3)28-16-8-4/h21-22H,5-20H2,1-4H3. The Labute approximate surface area is 173 Å². The molecule has 168 valence electrons. The highest BCUT2D eigenvalue weighted by Gasteiger charge is 2.36. The Balaban J connectivity index is 2.66. The second-order valence-electron chi connectivity index (χ2n) is 7.99. The Morgan fingerprint density at radius 3 is 1.89 bits per heavy atom. The summed E-state index contributed by atoms with van der Waals surface area (Å²) < 4.78 is 29.8. The summed E-state index contributed by atoms with van der Waals surface area (Å²) in [4.78, 5) is 0. The van der Waals surface area contributed by atoms with Crippen molar-refractivity contribution >= 4 is 0 Å². The third-order valence-corrected chi connectivity index (χ3v) is 4.89. The van der Waals surface area contributed by atoms with Crippen LogP contribution in [-0.4, -0.2) is 51.7 Å². The van der Waals surface area contributed by atoms with Gasteiger partial charge in [-0.25, -0.2) is 0 Å². The molecule has 1 saturated heterocycles. The van der Waals surface area contributed by atoms with Crippen molar-refractivity contribution in [2.24, 2.45) is 5.92 Å². The summed E-state index contributed by atoms with van der Waals surface area (Å²) in [5.74, 6) is -0.568. The molecule has 1 aliphatic heterocycles. The predicted molar refractivity (Wildman–Crippen MR) is 114 cm³/mol. The van der Waals surface area contributed by atoms with Gasteiger partial charge in [0.25, 0.3) is 5.97 Å². The molecule has 5 nitrogen and oxygen atoms in total. The first-order valence-electron chi connectivity index (χ1n) is 11.8. The molecule has 2 unspecified atom stereocenters. The summed E-state index contributed by atoms with van der Waals surface area (Å²) in [5.41, 5.74) is 0. The average molecular weight is 403 g/mol. The zero-order valence-corrected chi connectivity index (χ0v) is 19.0. The lowest BCUT2D eigenvalue weighted by molar-refractivity contribution is -0.388. The number of hydrogen-bond donors (Lipinski definition) is 0. The highest BCUT2D eigenvalue weighted by atomic mass is 16.9. The molecule has 0 spiro atoms. The number of rotatable bonds is 21. The van der Waals surface area contributed by atoms with Crippen LogP contribution in [0.3, 0.4) is 0 Å². The molecule has 1 rings (SSSR count). The van der Waals surface area contributed by atoms with Gasteiger partial charge in [-0.1, -0.05) is 59.8 Å². The molecule has 0 aromatic rings. The first-order valence-corrected chi connectivity index (χ1v) is 11.8. The fourth-order valence-corrected chi connectivity index (χ4v) is 3.24. The summed E-state index contributed by atoms with van der Waals surface area (Å²) in [5, 5.41) is 0. The molecule has 0 radical (unpaired) electrons. The molecule has 0 aromatic heterocycles. The monoisotopic (exact) mass is 402 g/mol. The fourth-order valence-electron chi connectivity index (χ4n) is 3.24. The molecule has 0 amide bonds. The number of hydrogen-bond acceptors (Lipinski definition) is 5. The minimum absolute atomic E-state index is 0.305. The van der Waals surface area contributed by atoms with E-state index in [1.807, 2.05) is 0 Å². The second kappa shape index (κ2) is 16.6. The molecule has 2 atom stereocenters. The van der Waals surface area contributed by atoms with Crippen molar-refractivity contribution in [3.05, 3.63) is 0 Å². The minimum Gasteiger partial charge on any atom is -0.378 e. The lowest BCUT2D eigenvalue weighted by Crippen LogP contribution is -2.43. The van der Waals surface area contributed by atoms with Gasteiger partial charge in [0, 0.05) is 13.0 Å². The van der Waals surface area contributed by atoms with E-state index in [2.05, 4.69) is 27.7 Å². The Hall–Kier alpha value is -0.200.